The Balaban J connectivity index is 2.22. The molecule has 5 heteroatoms. The lowest BCUT2D eigenvalue weighted by atomic mass is 9.87. The Hall–Kier alpha value is -1.58. The molecular weight excluding hydrogens is 307 g/mol. The van der Waals surface area contributed by atoms with Crippen LogP contribution in [0.5, 0.6) is 0 Å². The Bertz CT molecular complexity index is 678. The summed E-state index contributed by atoms with van der Waals surface area (Å²) in [6, 6.07) is 8.65. The fourth-order valence-electron chi connectivity index (χ4n) is 1.79. The minimum Gasteiger partial charge on any atom is -0.321 e. The van der Waals surface area contributed by atoms with Crippen LogP contribution < -0.4 is 5.32 Å². The van der Waals surface area contributed by atoms with Gasteiger partial charge < -0.3 is 5.32 Å². The SMILES string of the molecule is CC(C)(C)c1ccnc(C(=O)Nc2ccc(Cl)c(Cl)c2)c1. The Kier molecular flexibility index (Phi) is 4.55. The number of carbonyl (C=O) groups excluding carboxylic acids is 1. The van der Waals surface area contributed by atoms with E-state index in [0.717, 1.165) is 5.56 Å². The van der Waals surface area contributed by atoms with Gasteiger partial charge in [-0.05, 0) is 41.3 Å². The third-order valence-corrected chi connectivity index (χ3v) is 3.78. The Morgan fingerprint density at radius 2 is 1.81 bits per heavy atom. The van der Waals surface area contributed by atoms with E-state index < -0.39 is 0 Å². The van der Waals surface area contributed by atoms with E-state index >= 15 is 0 Å². The van der Waals surface area contributed by atoms with Crippen molar-refractivity contribution in [1.29, 1.82) is 0 Å². The van der Waals surface area contributed by atoms with Crippen molar-refractivity contribution in [3.8, 4) is 0 Å². The maximum absolute atomic E-state index is 12.2. The predicted octanol–water partition coefficient (Wildman–Crippen LogP) is 4.94. The smallest absolute Gasteiger partial charge is 0.274 e. The molecule has 0 saturated carbocycles. The standard InChI is InChI=1S/C16H16Cl2N2O/c1-16(2,3)10-6-7-19-14(8-10)15(21)20-11-4-5-12(17)13(18)9-11/h4-9H,1-3H3,(H,20,21). The second kappa shape index (κ2) is 6.04. The molecular formula is C16H16Cl2N2O. The number of benzene rings is 1. The third-order valence-electron chi connectivity index (χ3n) is 3.04. The second-order valence-electron chi connectivity index (χ2n) is 5.76. The van der Waals surface area contributed by atoms with Gasteiger partial charge in [0.05, 0.1) is 10.0 Å². The van der Waals surface area contributed by atoms with E-state index in [0.29, 0.717) is 21.4 Å². The Labute approximate surface area is 134 Å². The number of pyridine rings is 1. The van der Waals surface area contributed by atoms with Crippen LogP contribution in [0.3, 0.4) is 0 Å². The number of rotatable bonds is 2. The third kappa shape index (κ3) is 3.96. The number of hydrogen-bond acceptors (Lipinski definition) is 2. The lowest BCUT2D eigenvalue weighted by Gasteiger charge is -2.19. The van der Waals surface area contributed by atoms with Gasteiger partial charge >= 0.3 is 0 Å². The first-order valence-corrected chi connectivity index (χ1v) is 7.26. The molecule has 1 aromatic carbocycles. The lowest BCUT2D eigenvalue weighted by molar-refractivity contribution is 0.102. The minimum atomic E-state index is -0.278. The number of amides is 1. The van der Waals surface area contributed by atoms with E-state index in [1.165, 1.54) is 0 Å². The summed E-state index contributed by atoms with van der Waals surface area (Å²) in [6.07, 6.45) is 1.64. The molecule has 0 saturated heterocycles. The summed E-state index contributed by atoms with van der Waals surface area (Å²) in [7, 11) is 0. The molecule has 2 rings (SSSR count). The number of nitrogens with zero attached hydrogens (tertiary/aromatic N) is 1. The zero-order valence-corrected chi connectivity index (χ0v) is 13.6. The van der Waals surface area contributed by atoms with Gasteiger partial charge in [-0.15, -0.1) is 0 Å². The van der Waals surface area contributed by atoms with Crippen molar-refractivity contribution >= 4 is 34.8 Å². The van der Waals surface area contributed by atoms with Crippen molar-refractivity contribution < 1.29 is 4.79 Å². The number of nitrogens with one attached hydrogen (secondary N) is 1. The molecule has 2 aromatic rings. The number of carbonyl (C=O) groups is 1. The molecule has 0 aliphatic carbocycles. The molecule has 21 heavy (non-hydrogen) atoms. The van der Waals surface area contributed by atoms with Gasteiger partial charge in [0.25, 0.3) is 5.91 Å². The van der Waals surface area contributed by atoms with Gasteiger partial charge in [-0.1, -0.05) is 44.0 Å². The summed E-state index contributed by atoms with van der Waals surface area (Å²) in [5, 5.41) is 3.60. The molecule has 0 bridgehead atoms. The molecule has 110 valence electrons. The van der Waals surface area contributed by atoms with Gasteiger partial charge in [0.15, 0.2) is 0 Å². The highest BCUT2D eigenvalue weighted by molar-refractivity contribution is 6.42. The highest BCUT2D eigenvalue weighted by Crippen LogP contribution is 2.26. The average Bonchev–Trinajstić information content (AvgIpc) is 2.42. The van der Waals surface area contributed by atoms with Crippen LogP contribution in [-0.4, -0.2) is 10.9 Å². The van der Waals surface area contributed by atoms with Crippen molar-refractivity contribution in [2.24, 2.45) is 0 Å². The molecule has 1 N–H and O–H groups in total. The highest BCUT2D eigenvalue weighted by atomic mass is 35.5. The summed E-state index contributed by atoms with van der Waals surface area (Å²) in [5.74, 6) is -0.278. The lowest BCUT2D eigenvalue weighted by Crippen LogP contribution is -2.17. The topological polar surface area (TPSA) is 42.0 Å². The molecule has 0 aliphatic heterocycles. The predicted molar refractivity (Wildman–Crippen MR) is 87.4 cm³/mol. The molecule has 0 aliphatic rings. The van der Waals surface area contributed by atoms with Gasteiger partial charge in [0.2, 0.25) is 0 Å². The molecule has 3 nitrogen and oxygen atoms in total. The van der Waals surface area contributed by atoms with Crippen LogP contribution in [0.4, 0.5) is 5.69 Å². The summed E-state index contributed by atoms with van der Waals surface area (Å²) in [4.78, 5) is 16.4. The average molecular weight is 323 g/mol. The molecule has 1 heterocycles. The monoisotopic (exact) mass is 322 g/mol. The second-order valence-corrected chi connectivity index (χ2v) is 6.58. The maximum atomic E-state index is 12.2. The summed E-state index contributed by atoms with van der Waals surface area (Å²) < 4.78 is 0. The molecule has 0 spiro atoms. The number of aromatic nitrogens is 1. The van der Waals surface area contributed by atoms with E-state index in [9.17, 15) is 4.79 Å². The highest BCUT2D eigenvalue weighted by Gasteiger charge is 2.16. The molecule has 1 amide bonds. The molecule has 0 radical (unpaired) electrons. The first kappa shape index (κ1) is 15.8. The van der Waals surface area contributed by atoms with Crippen molar-refractivity contribution in [3.63, 3.8) is 0 Å². The Morgan fingerprint density at radius 3 is 2.43 bits per heavy atom. The zero-order valence-electron chi connectivity index (χ0n) is 12.1. The summed E-state index contributed by atoms with van der Waals surface area (Å²) in [6.45, 7) is 6.26. The fourth-order valence-corrected chi connectivity index (χ4v) is 2.09. The van der Waals surface area contributed by atoms with Gasteiger partial charge in [0, 0.05) is 11.9 Å². The first-order valence-electron chi connectivity index (χ1n) is 6.50. The van der Waals surface area contributed by atoms with Crippen molar-refractivity contribution in [3.05, 3.63) is 57.8 Å². The largest absolute Gasteiger partial charge is 0.321 e. The van der Waals surface area contributed by atoms with Crippen molar-refractivity contribution in [1.82, 2.24) is 4.98 Å². The van der Waals surface area contributed by atoms with Gasteiger partial charge in [-0.25, -0.2) is 0 Å². The van der Waals surface area contributed by atoms with E-state index in [1.807, 2.05) is 6.07 Å². The number of hydrogen-bond donors (Lipinski definition) is 1. The summed E-state index contributed by atoms with van der Waals surface area (Å²) >= 11 is 11.8. The van der Waals surface area contributed by atoms with E-state index in [1.54, 1.807) is 30.5 Å². The van der Waals surface area contributed by atoms with Gasteiger partial charge in [-0.3, -0.25) is 9.78 Å². The first-order chi connectivity index (χ1) is 9.77. The van der Waals surface area contributed by atoms with E-state index in [-0.39, 0.29) is 11.3 Å². The van der Waals surface area contributed by atoms with Crippen LogP contribution in [0.1, 0.15) is 36.8 Å². The minimum absolute atomic E-state index is 0.0401. The van der Waals surface area contributed by atoms with E-state index in [4.69, 9.17) is 23.2 Å². The molecule has 0 fully saturated rings. The molecule has 0 atom stereocenters. The van der Waals surface area contributed by atoms with Gasteiger partial charge in [-0.2, -0.15) is 0 Å². The number of halogens is 2. The molecule has 1 aromatic heterocycles. The van der Waals surface area contributed by atoms with Crippen LogP contribution >= 0.6 is 23.2 Å². The summed E-state index contributed by atoms with van der Waals surface area (Å²) in [5.41, 5.74) is 1.96. The van der Waals surface area contributed by atoms with Crippen LogP contribution in [0, 0.1) is 0 Å². The Morgan fingerprint density at radius 1 is 1.10 bits per heavy atom. The zero-order chi connectivity index (χ0) is 15.6. The number of anilines is 1. The van der Waals surface area contributed by atoms with Crippen LogP contribution in [0.2, 0.25) is 10.0 Å². The maximum Gasteiger partial charge on any atom is 0.274 e. The normalized spacial score (nSPS) is 11.3. The van der Waals surface area contributed by atoms with Crippen LogP contribution in [-0.2, 0) is 5.41 Å². The van der Waals surface area contributed by atoms with Crippen LogP contribution in [0.25, 0.3) is 0 Å². The van der Waals surface area contributed by atoms with Crippen molar-refractivity contribution in [2.45, 2.75) is 26.2 Å². The quantitative estimate of drug-likeness (QED) is 0.850. The fraction of sp³-hybridized carbons (Fsp3) is 0.250. The molecule has 0 unspecified atom stereocenters. The van der Waals surface area contributed by atoms with Crippen molar-refractivity contribution in [2.75, 3.05) is 5.32 Å². The van der Waals surface area contributed by atoms with E-state index in [2.05, 4.69) is 31.1 Å². The van der Waals surface area contributed by atoms with Gasteiger partial charge in [0.1, 0.15) is 5.69 Å². The van der Waals surface area contributed by atoms with Crippen LogP contribution in [0.15, 0.2) is 36.5 Å².